The van der Waals surface area contributed by atoms with Crippen molar-refractivity contribution in [3.63, 3.8) is 0 Å². The molecule has 8 nitrogen and oxygen atoms in total. The highest BCUT2D eigenvalue weighted by Gasteiger charge is 2.14. The molecule has 0 aliphatic carbocycles. The smallest absolute Gasteiger partial charge is 0.271 e. The number of nitrogens with one attached hydrogen (secondary N) is 1. The zero-order chi connectivity index (χ0) is 18.3. The highest BCUT2D eigenvalue weighted by Crippen LogP contribution is 2.13. The van der Waals surface area contributed by atoms with Crippen LogP contribution < -0.4 is 10.9 Å². The minimum absolute atomic E-state index is 0.0245. The van der Waals surface area contributed by atoms with Crippen molar-refractivity contribution < 1.29 is 4.79 Å². The van der Waals surface area contributed by atoms with Crippen molar-refractivity contribution in [2.24, 2.45) is 0 Å². The van der Waals surface area contributed by atoms with Gasteiger partial charge in [-0.15, -0.1) is 11.3 Å². The Morgan fingerprint density at radius 1 is 1.19 bits per heavy atom. The van der Waals surface area contributed by atoms with Crippen LogP contribution in [0, 0.1) is 13.8 Å². The Bertz CT molecular complexity index is 1170. The Balaban J connectivity index is 1.58. The molecule has 0 atom stereocenters. The molecule has 9 heteroatoms. The van der Waals surface area contributed by atoms with E-state index in [1.54, 1.807) is 28.4 Å². The molecule has 1 N–H and O–H groups in total. The summed E-state index contributed by atoms with van der Waals surface area (Å²) in [6.45, 7) is 3.85. The summed E-state index contributed by atoms with van der Waals surface area (Å²) in [4.78, 5) is 33.7. The second-order valence-corrected chi connectivity index (χ2v) is 6.60. The van der Waals surface area contributed by atoms with E-state index in [-0.39, 0.29) is 5.56 Å². The maximum absolute atomic E-state index is 12.4. The van der Waals surface area contributed by atoms with E-state index in [0.29, 0.717) is 16.5 Å². The number of amides is 1. The zero-order valence-corrected chi connectivity index (χ0v) is 14.8. The molecular formula is C17H14N6O2S. The van der Waals surface area contributed by atoms with Crippen LogP contribution in [-0.2, 0) is 0 Å². The highest BCUT2D eigenvalue weighted by molar-refractivity contribution is 7.15. The van der Waals surface area contributed by atoms with Crippen molar-refractivity contribution in [1.82, 2.24) is 24.1 Å². The van der Waals surface area contributed by atoms with Crippen LogP contribution in [-0.4, -0.2) is 30.1 Å². The molecule has 0 aliphatic heterocycles. The molecule has 0 saturated heterocycles. The lowest BCUT2D eigenvalue weighted by molar-refractivity contribution is 0.102. The number of pyridine rings is 1. The number of aryl methyl sites for hydroxylation is 2. The summed E-state index contributed by atoms with van der Waals surface area (Å²) in [7, 11) is 0. The third-order valence-electron chi connectivity index (χ3n) is 3.82. The number of hydrogen-bond acceptors (Lipinski definition) is 6. The van der Waals surface area contributed by atoms with Gasteiger partial charge in [0.2, 0.25) is 0 Å². The lowest BCUT2D eigenvalue weighted by Crippen LogP contribution is -2.25. The minimum Gasteiger partial charge on any atom is -0.320 e. The average Bonchev–Trinajstić information content (AvgIpc) is 3.22. The Hall–Kier alpha value is -3.33. The highest BCUT2D eigenvalue weighted by atomic mass is 32.1. The van der Waals surface area contributed by atoms with Crippen molar-refractivity contribution in [3.8, 4) is 5.82 Å². The lowest BCUT2D eigenvalue weighted by Gasteiger charge is -2.07. The standard InChI is InChI=1S/C17H14N6O2S/c1-10-7-11(2)23(21-10)14-4-3-12(8-18-14)20-15(24)13-9-19-17-22(16(13)25)5-6-26-17/h3-9H,1-2H3,(H,20,24). The molecule has 1 amide bonds. The van der Waals surface area contributed by atoms with Crippen molar-refractivity contribution >= 4 is 27.9 Å². The fraction of sp³-hybridized carbons (Fsp3) is 0.118. The van der Waals surface area contributed by atoms with E-state index in [0.717, 1.165) is 11.4 Å². The number of hydrogen-bond donors (Lipinski definition) is 1. The first-order valence-electron chi connectivity index (χ1n) is 7.79. The van der Waals surface area contributed by atoms with Gasteiger partial charge in [-0.3, -0.25) is 14.0 Å². The predicted molar refractivity (Wildman–Crippen MR) is 98.1 cm³/mol. The third-order valence-corrected chi connectivity index (χ3v) is 4.59. The van der Waals surface area contributed by atoms with E-state index >= 15 is 0 Å². The van der Waals surface area contributed by atoms with Crippen LogP contribution in [0.15, 0.2) is 47.0 Å². The molecule has 4 aromatic rings. The van der Waals surface area contributed by atoms with Crippen molar-refractivity contribution in [1.29, 1.82) is 0 Å². The number of carbonyl (C=O) groups is 1. The first kappa shape index (κ1) is 16.2. The van der Waals surface area contributed by atoms with Crippen LogP contribution in [0.1, 0.15) is 21.7 Å². The van der Waals surface area contributed by atoms with Gasteiger partial charge in [0.1, 0.15) is 5.56 Å². The number of aromatic nitrogens is 5. The second kappa shape index (κ2) is 6.19. The molecule has 0 aromatic carbocycles. The average molecular weight is 366 g/mol. The first-order valence-corrected chi connectivity index (χ1v) is 8.67. The van der Waals surface area contributed by atoms with Gasteiger partial charge in [-0.25, -0.2) is 14.6 Å². The van der Waals surface area contributed by atoms with Crippen molar-refractivity contribution in [3.05, 3.63) is 69.5 Å². The number of rotatable bonds is 3. The van der Waals surface area contributed by atoms with Gasteiger partial charge < -0.3 is 5.32 Å². The van der Waals surface area contributed by atoms with Gasteiger partial charge in [-0.05, 0) is 32.0 Å². The van der Waals surface area contributed by atoms with E-state index < -0.39 is 11.5 Å². The monoisotopic (exact) mass is 366 g/mol. The molecule has 0 fully saturated rings. The molecule has 4 aromatic heterocycles. The molecule has 0 spiro atoms. The first-order chi connectivity index (χ1) is 12.5. The van der Waals surface area contributed by atoms with Crippen LogP contribution in [0.4, 0.5) is 5.69 Å². The fourth-order valence-electron chi connectivity index (χ4n) is 2.62. The molecule has 4 heterocycles. The summed E-state index contributed by atoms with van der Waals surface area (Å²) in [5.41, 5.74) is 1.92. The molecule has 130 valence electrons. The number of nitrogens with zero attached hydrogens (tertiary/aromatic N) is 5. The minimum atomic E-state index is -0.524. The second-order valence-electron chi connectivity index (χ2n) is 5.73. The number of carbonyl (C=O) groups excluding carboxylic acids is 1. The van der Waals surface area contributed by atoms with Crippen LogP contribution in [0.25, 0.3) is 10.8 Å². The van der Waals surface area contributed by atoms with Gasteiger partial charge in [0.05, 0.1) is 17.6 Å². The molecule has 0 radical (unpaired) electrons. The predicted octanol–water partition coefficient (Wildman–Crippen LogP) is 2.21. The van der Waals surface area contributed by atoms with Gasteiger partial charge in [0, 0.05) is 23.5 Å². The summed E-state index contributed by atoms with van der Waals surface area (Å²) in [6.07, 6.45) is 4.41. The maximum Gasteiger partial charge on any atom is 0.271 e. The Morgan fingerprint density at radius 3 is 2.73 bits per heavy atom. The zero-order valence-electron chi connectivity index (χ0n) is 14.0. The Kier molecular flexibility index (Phi) is 3.85. The normalized spacial score (nSPS) is 11.0. The van der Waals surface area contributed by atoms with Gasteiger partial charge in [0.25, 0.3) is 11.5 Å². The summed E-state index contributed by atoms with van der Waals surface area (Å²) < 4.78 is 3.07. The quantitative estimate of drug-likeness (QED) is 0.600. The number of thiazole rings is 1. The molecule has 4 rings (SSSR count). The molecule has 0 saturated carbocycles. The summed E-state index contributed by atoms with van der Waals surface area (Å²) in [6, 6.07) is 5.42. The topological polar surface area (TPSA) is 94.2 Å². The van der Waals surface area contributed by atoms with Gasteiger partial charge in [-0.1, -0.05) is 0 Å². The van der Waals surface area contributed by atoms with E-state index in [1.165, 1.54) is 28.1 Å². The number of anilines is 1. The van der Waals surface area contributed by atoms with Gasteiger partial charge in [-0.2, -0.15) is 5.10 Å². The van der Waals surface area contributed by atoms with Crippen LogP contribution in [0.5, 0.6) is 0 Å². The molecular weight excluding hydrogens is 352 g/mol. The molecule has 0 bridgehead atoms. The van der Waals surface area contributed by atoms with E-state index in [1.807, 2.05) is 19.9 Å². The molecule has 26 heavy (non-hydrogen) atoms. The fourth-order valence-corrected chi connectivity index (χ4v) is 3.30. The lowest BCUT2D eigenvalue weighted by atomic mass is 10.3. The van der Waals surface area contributed by atoms with E-state index in [4.69, 9.17) is 0 Å². The maximum atomic E-state index is 12.4. The third kappa shape index (κ3) is 2.78. The number of fused-ring (bicyclic) bond motifs is 1. The van der Waals surface area contributed by atoms with E-state index in [2.05, 4.69) is 20.4 Å². The van der Waals surface area contributed by atoms with Crippen LogP contribution >= 0.6 is 11.3 Å². The van der Waals surface area contributed by atoms with E-state index in [9.17, 15) is 9.59 Å². The molecule has 0 aliphatic rings. The summed E-state index contributed by atoms with van der Waals surface area (Å²) in [5, 5.41) is 8.79. The van der Waals surface area contributed by atoms with Crippen LogP contribution in [0.3, 0.4) is 0 Å². The SMILES string of the molecule is Cc1cc(C)n(-c2ccc(NC(=O)c3cnc4sccn4c3=O)cn2)n1. The Labute approximate surface area is 151 Å². The van der Waals surface area contributed by atoms with Crippen molar-refractivity contribution in [2.75, 3.05) is 5.32 Å². The van der Waals surface area contributed by atoms with Gasteiger partial charge >= 0.3 is 0 Å². The van der Waals surface area contributed by atoms with Gasteiger partial charge in [0.15, 0.2) is 10.8 Å². The van der Waals surface area contributed by atoms with Crippen molar-refractivity contribution in [2.45, 2.75) is 13.8 Å². The summed E-state index contributed by atoms with van der Waals surface area (Å²) in [5.74, 6) is 0.124. The van der Waals surface area contributed by atoms with Crippen LogP contribution in [0.2, 0.25) is 0 Å². The Morgan fingerprint density at radius 2 is 2.04 bits per heavy atom. The molecule has 0 unspecified atom stereocenters. The summed E-state index contributed by atoms with van der Waals surface area (Å²) >= 11 is 1.33. The largest absolute Gasteiger partial charge is 0.320 e.